The van der Waals surface area contributed by atoms with Gasteiger partial charge in [0.05, 0.1) is 36.2 Å². The van der Waals surface area contributed by atoms with Gasteiger partial charge in [-0.1, -0.05) is 6.92 Å². The number of nitrogens with zero attached hydrogens (tertiary/aromatic N) is 6. The first kappa shape index (κ1) is 22.9. The van der Waals surface area contributed by atoms with Gasteiger partial charge in [-0.3, -0.25) is 14.2 Å². The van der Waals surface area contributed by atoms with Gasteiger partial charge in [0, 0.05) is 43.7 Å². The van der Waals surface area contributed by atoms with Crippen LogP contribution < -0.4 is 10.5 Å². The SMILES string of the molecule is CC1(C(=O)N2CCC(O)(Cn3cnc4c(cnn4-c4ccc(N5CC6CC(C5)O6)cc4)c3=O)CC2)CC1. The Morgan fingerprint density at radius 1 is 1.08 bits per heavy atom. The first-order valence-electron chi connectivity index (χ1n) is 13.3. The zero-order valence-electron chi connectivity index (χ0n) is 21.0. The maximum atomic E-state index is 13.3. The van der Waals surface area contributed by atoms with Crippen LogP contribution in [0, 0.1) is 5.41 Å². The molecule has 1 aromatic carbocycles. The van der Waals surface area contributed by atoms with E-state index in [1.165, 1.54) is 10.9 Å². The predicted octanol–water partition coefficient (Wildman–Crippen LogP) is 1.71. The monoisotopic (exact) mass is 504 g/mol. The second-order valence-electron chi connectivity index (χ2n) is 11.6. The van der Waals surface area contributed by atoms with Crippen molar-refractivity contribution < 1.29 is 14.6 Å². The zero-order valence-corrected chi connectivity index (χ0v) is 21.0. The van der Waals surface area contributed by atoms with Crippen molar-refractivity contribution in [3.05, 3.63) is 47.1 Å². The van der Waals surface area contributed by atoms with Crippen LogP contribution >= 0.6 is 0 Å². The lowest BCUT2D eigenvalue weighted by Crippen LogP contribution is -2.57. The van der Waals surface area contributed by atoms with Gasteiger partial charge in [-0.25, -0.2) is 9.67 Å². The van der Waals surface area contributed by atoms with Crippen LogP contribution in [0.3, 0.4) is 0 Å². The van der Waals surface area contributed by atoms with Crippen LogP contribution in [0.25, 0.3) is 16.7 Å². The molecule has 1 aliphatic carbocycles. The molecule has 3 aromatic rings. The van der Waals surface area contributed by atoms with Crippen LogP contribution in [-0.4, -0.2) is 79.2 Å². The highest BCUT2D eigenvalue weighted by Gasteiger charge is 2.48. The van der Waals surface area contributed by atoms with Crippen molar-refractivity contribution in [1.82, 2.24) is 24.2 Å². The quantitative estimate of drug-likeness (QED) is 0.564. The van der Waals surface area contributed by atoms with Gasteiger partial charge in [0.25, 0.3) is 5.56 Å². The molecule has 8 rings (SSSR count). The van der Waals surface area contributed by atoms with Crippen molar-refractivity contribution in [3.63, 3.8) is 0 Å². The molecule has 2 unspecified atom stereocenters. The highest BCUT2D eigenvalue weighted by atomic mass is 16.5. The lowest BCUT2D eigenvalue weighted by Gasteiger charge is -2.48. The Morgan fingerprint density at radius 3 is 2.38 bits per heavy atom. The molecule has 1 amide bonds. The highest BCUT2D eigenvalue weighted by molar-refractivity contribution is 5.85. The van der Waals surface area contributed by atoms with Crippen molar-refractivity contribution in [3.8, 4) is 5.69 Å². The Bertz CT molecular complexity index is 1400. The van der Waals surface area contributed by atoms with Crippen LogP contribution in [-0.2, 0) is 16.1 Å². The maximum absolute atomic E-state index is 13.3. The van der Waals surface area contributed by atoms with Gasteiger partial charge in [0.15, 0.2) is 5.65 Å². The first-order valence-corrected chi connectivity index (χ1v) is 13.3. The van der Waals surface area contributed by atoms with Crippen molar-refractivity contribution in [2.45, 2.75) is 63.4 Å². The van der Waals surface area contributed by atoms with Gasteiger partial charge < -0.3 is 19.6 Å². The standard InChI is InChI=1S/C27H32N6O4/c1-26(6-7-26)25(35)30-10-8-27(36,9-11-30)16-32-17-28-23-22(24(32)34)13-29-33(23)19-4-2-18(3-5-19)31-14-20-12-21(15-31)37-20/h2-5,13,17,20-21,36H,6-12,14-16H2,1H3. The molecule has 1 saturated carbocycles. The summed E-state index contributed by atoms with van der Waals surface area (Å²) < 4.78 is 8.89. The van der Waals surface area contributed by atoms with Gasteiger partial charge in [-0.2, -0.15) is 5.10 Å². The van der Waals surface area contributed by atoms with E-state index in [9.17, 15) is 14.7 Å². The van der Waals surface area contributed by atoms with Crippen LogP contribution in [0.2, 0.25) is 0 Å². The second kappa shape index (κ2) is 8.13. The zero-order chi connectivity index (χ0) is 25.4. The fourth-order valence-electron chi connectivity index (χ4n) is 6.01. The van der Waals surface area contributed by atoms with E-state index in [0.717, 1.165) is 43.7 Å². The van der Waals surface area contributed by atoms with Crippen molar-refractivity contribution in [1.29, 1.82) is 0 Å². The number of aromatic nitrogens is 4. The number of likely N-dealkylation sites (tertiary alicyclic amines) is 1. The number of hydrogen-bond acceptors (Lipinski definition) is 7. The van der Waals surface area contributed by atoms with Crippen LogP contribution in [0.4, 0.5) is 5.69 Å². The largest absolute Gasteiger partial charge is 0.388 e. The summed E-state index contributed by atoms with van der Waals surface area (Å²) >= 11 is 0. The summed E-state index contributed by atoms with van der Waals surface area (Å²) in [5.41, 5.74) is 1.00. The summed E-state index contributed by atoms with van der Waals surface area (Å²) in [5.74, 6) is 0.191. The number of fused-ring (bicyclic) bond motifs is 3. The molecule has 0 spiro atoms. The van der Waals surface area contributed by atoms with Crippen molar-refractivity contribution in [2.75, 3.05) is 31.1 Å². The third-order valence-corrected chi connectivity index (χ3v) is 8.74. The number of ether oxygens (including phenoxy) is 1. The Balaban J connectivity index is 1.07. The third-order valence-electron chi connectivity index (χ3n) is 8.74. The Morgan fingerprint density at radius 2 is 1.73 bits per heavy atom. The molecule has 1 N–H and O–H groups in total. The molecule has 194 valence electrons. The van der Waals surface area contributed by atoms with Crippen LogP contribution in [0.5, 0.6) is 0 Å². The number of aliphatic hydroxyl groups is 1. The molecule has 4 saturated heterocycles. The van der Waals surface area contributed by atoms with E-state index in [1.807, 2.05) is 24.0 Å². The third kappa shape index (κ3) is 3.93. The smallest absolute Gasteiger partial charge is 0.264 e. The lowest BCUT2D eigenvalue weighted by atomic mass is 9.90. The summed E-state index contributed by atoms with van der Waals surface area (Å²) in [5, 5.41) is 16.1. The van der Waals surface area contributed by atoms with Crippen LogP contribution in [0.15, 0.2) is 41.6 Å². The van der Waals surface area contributed by atoms with Gasteiger partial charge in [0.1, 0.15) is 11.7 Å². The van der Waals surface area contributed by atoms with E-state index in [4.69, 9.17) is 4.74 Å². The molecule has 10 heteroatoms. The number of carbonyl (C=O) groups is 1. The lowest BCUT2D eigenvalue weighted by molar-refractivity contribution is -0.141. The number of amides is 1. The number of hydrogen-bond donors (Lipinski definition) is 1. The van der Waals surface area contributed by atoms with Crippen LogP contribution in [0.1, 0.15) is 39.0 Å². The van der Waals surface area contributed by atoms with Gasteiger partial charge in [-0.15, -0.1) is 0 Å². The van der Waals surface area contributed by atoms with Gasteiger partial charge in [-0.05, 0) is 49.9 Å². The highest BCUT2D eigenvalue weighted by Crippen LogP contribution is 2.47. The van der Waals surface area contributed by atoms with Gasteiger partial charge >= 0.3 is 0 Å². The maximum Gasteiger partial charge on any atom is 0.264 e. The number of carbonyl (C=O) groups excluding carboxylic acids is 1. The summed E-state index contributed by atoms with van der Waals surface area (Å²) in [4.78, 5) is 34.7. The van der Waals surface area contributed by atoms with Crippen molar-refractivity contribution >= 4 is 22.6 Å². The molecule has 5 fully saturated rings. The number of rotatable bonds is 5. The van der Waals surface area contributed by atoms with Gasteiger partial charge in [0.2, 0.25) is 5.91 Å². The average molecular weight is 505 g/mol. The fraction of sp³-hybridized carbons (Fsp3) is 0.556. The molecule has 5 aliphatic rings. The second-order valence-corrected chi connectivity index (χ2v) is 11.6. The van der Waals surface area contributed by atoms with E-state index in [0.29, 0.717) is 49.2 Å². The Kier molecular flexibility index (Phi) is 5.04. The summed E-state index contributed by atoms with van der Waals surface area (Å²) in [7, 11) is 0. The number of piperidine rings is 2. The number of morpholine rings is 1. The molecule has 6 heterocycles. The molecule has 37 heavy (non-hydrogen) atoms. The van der Waals surface area contributed by atoms with E-state index in [2.05, 4.69) is 27.1 Å². The first-order chi connectivity index (χ1) is 17.8. The fourth-order valence-corrected chi connectivity index (χ4v) is 6.01. The molecular weight excluding hydrogens is 472 g/mol. The minimum Gasteiger partial charge on any atom is -0.388 e. The average Bonchev–Trinajstić information content (AvgIpc) is 3.50. The molecule has 0 radical (unpaired) electrons. The normalized spacial score (nSPS) is 25.7. The Labute approximate surface area is 214 Å². The summed E-state index contributed by atoms with van der Waals surface area (Å²) in [6.07, 6.45) is 7.67. The Hall–Kier alpha value is -3.24. The number of benzene rings is 1. The van der Waals surface area contributed by atoms with E-state index < -0.39 is 5.60 Å². The summed E-state index contributed by atoms with van der Waals surface area (Å²) in [6.45, 7) is 5.01. The molecule has 2 aromatic heterocycles. The topological polar surface area (TPSA) is 106 Å². The molecule has 10 nitrogen and oxygen atoms in total. The minimum atomic E-state index is -1.05. The summed E-state index contributed by atoms with van der Waals surface area (Å²) in [6, 6.07) is 8.14. The number of anilines is 1. The van der Waals surface area contributed by atoms with Crippen molar-refractivity contribution in [2.24, 2.45) is 5.41 Å². The minimum absolute atomic E-state index is 0.148. The predicted molar refractivity (Wildman–Crippen MR) is 137 cm³/mol. The van der Waals surface area contributed by atoms with E-state index in [1.54, 1.807) is 10.9 Å². The van der Waals surface area contributed by atoms with E-state index >= 15 is 0 Å². The van der Waals surface area contributed by atoms with E-state index in [-0.39, 0.29) is 23.4 Å². The molecule has 2 atom stereocenters. The molecular formula is C27H32N6O4. The molecule has 4 aliphatic heterocycles. The molecule has 2 bridgehead atoms.